The van der Waals surface area contributed by atoms with E-state index in [9.17, 15) is 4.79 Å². The second-order valence-corrected chi connectivity index (χ2v) is 4.90. The van der Waals surface area contributed by atoms with Crippen molar-refractivity contribution in [2.75, 3.05) is 13.2 Å². The summed E-state index contributed by atoms with van der Waals surface area (Å²) in [6.45, 7) is 2.60. The third kappa shape index (κ3) is 6.07. The number of aliphatic hydroxyl groups is 1. The molecule has 1 unspecified atom stereocenters. The van der Waals surface area contributed by atoms with Gasteiger partial charge < -0.3 is 20.2 Å². The van der Waals surface area contributed by atoms with E-state index in [1.807, 2.05) is 19.1 Å². The van der Waals surface area contributed by atoms with Gasteiger partial charge in [-0.3, -0.25) is 0 Å². The van der Waals surface area contributed by atoms with Crippen molar-refractivity contribution in [3.05, 3.63) is 22.6 Å². The van der Waals surface area contributed by atoms with Gasteiger partial charge in [-0.1, -0.05) is 0 Å². The fourth-order valence-corrected chi connectivity index (χ4v) is 1.87. The lowest BCUT2D eigenvalue weighted by atomic mass is 10.2. The summed E-state index contributed by atoms with van der Waals surface area (Å²) in [5.74, 6) is 0.829. The predicted octanol–water partition coefficient (Wildman–Crippen LogP) is 2.04. The molecule has 1 heterocycles. The minimum atomic E-state index is -0.189. The quantitative estimate of drug-likeness (QED) is 0.720. The molecule has 18 heavy (non-hydrogen) atoms. The van der Waals surface area contributed by atoms with Gasteiger partial charge in [-0.05, 0) is 47.8 Å². The molecule has 102 valence electrons. The zero-order valence-electron chi connectivity index (χ0n) is 10.4. The molecule has 1 rings (SSSR count). The number of halogens is 1. The second-order valence-electron chi connectivity index (χ2n) is 4.12. The molecule has 0 radical (unpaired) electrons. The third-order valence-corrected chi connectivity index (χ3v) is 2.88. The van der Waals surface area contributed by atoms with Crippen LogP contribution in [0.1, 0.15) is 25.5 Å². The first kappa shape index (κ1) is 15.0. The summed E-state index contributed by atoms with van der Waals surface area (Å²) in [7, 11) is 0. The van der Waals surface area contributed by atoms with Gasteiger partial charge in [0.25, 0.3) is 0 Å². The maximum atomic E-state index is 11.5. The zero-order valence-corrected chi connectivity index (χ0v) is 12.0. The standard InChI is InChI=1S/C12H19BrN2O3/c1-9(3-2-8-16)15-12(17)14-7-6-10-4-5-11(13)18-10/h4-5,9,16H,2-3,6-8H2,1H3,(H2,14,15,17). The van der Waals surface area contributed by atoms with Crippen LogP contribution in [0.25, 0.3) is 0 Å². The number of furan rings is 1. The van der Waals surface area contributed by atoms with Gasteiger partial charge >= 0.3 is 6.03 Å². The van der Waals surface area contributed by atoms with Crippen molar-refractivity contribution < 1.29 is 14.3 Å². The summed E-state index contributed by atoms with van der Waals surface area (Å²) in [5, 5.41) is 14.2. The van der Waals surface area contributed by atoms with Crippen molar-refractivity contribution in [3.63, 3.8) is 0 Å². The molecule has 0 fully saturated rings. The number of hydrogen-bond donors (Lipinski definition) is 3. The van der Waals surface area contributed by atoms with Crippen molar-refractivity contribution in [1.29, 1.82) is 0 Å². The Kier molecular flexibility index (Phi) is 6.82. The highest BCUT2D eigenvalue weighted by atomic mass is 79.9. The van der Waals surface area contributed by atoms with E-state index >= 15 is 0 Å². The van der Waals surface area contributed by atoms with Gasteiger partial charge in [-0.15, -0.1) is 0 Å². The summed E-state index contributed by atoms with van der Waals surface area (Å²) in [5.41, 5.74) is 0. The van der Waals surface area contributed by atoms with Crippen molar-refractivity contribution >= 4 is 22.0 Å². The second kappa shape index (κ2) is 8.16. The van der Waals surface area contributed by atoms with Gasteiger partial charge in [0, 0.05) is 25.6 Å². The van der Waals surface area contributed by atoms with Crippen molar-refractivity contribution in [3.8, 4) is 0 Å². The minimum Gasteiger partial charge on any atom is -0.454 e. The molecule has 0 saturated heterocycles. The summed E-state index contributed by atoms with van der Waals surface area (Å²) >= 11 is 3.22. The number of carbonyl (C=O) groups is 1. The van der Waals surface area contributed by atoms with E-state index in [1.165, 1.54) is 0 Å². The molecule has 2 amide bonds. The lowest BCUT2D eigenvalue weighted by Crippen LogP contribution is -2.41. The Labute approximate surface area is 115 Å². The van der Waals surface area contributed by atoms with Crippen LogP contribution in [0, 0.1) is 0 Å². The minimum absolute atomic E-state index is 0.0647. The highest BCUT2D eigenvalue weighted by Crippen LogP contribution is 2.13. The maximum absolute atomic E-state index is 11.5. The predicted molar refractivity (Wildman–Crippen MR) is 72.4 cm³/mol. The third-order valence-electron chi connectivity index (χ3n) is 2.46. The first-order valence-corrected chi connectivity index (χ1v) is 6.80. The van der Waals surface area contributed by atoms with Gasteiger partial charge in [0.05, 0.1) is 0 Å². The average molecular weight is 319 g/mol. The number of hydrogen-bond acceptors (Lipinski definition) is 3. The number of aliphatic hydroxyl groups excluding tert-OH is 1. The normalized spacial score (nSPS) is 12.2. The molecule has 1 atom stereocenters. The molecule has 0 aliphatic carbocycles. The molecule has 0 saturated carbocycles. The lowest BCUT2D eigenvalue weighted by Gasteiger charge is -2.13. The number of nitrogens with one attached hydrogen (secondary N) is 2. The molecule has 1 aromatic rings. The van der Waals surface area contributed by atoms with Crippen LogP contribution in [0.15, 0.2) is 21.2 Å². The van der Waals surface area contributed by atoms with Crippen LogP contribution in [0.3, 0.4) is 0 Å². The van der Waals surface area contributed by atoms with Crippen LogP contribution >= 0.6 is 15.9 Å². The van der Waals surface area contributed by atoms with Crippen LogP contribution in [0.5, 0.6) is 0 Å². The molecule has 6 heteroatoms. The Morgan fingerprint density at radius 3 is 2.94 bits per heavy atom. The van der Waals surface area contributed by atoms with Crippen molar-refractivity contribution in [1.82, 2.24) is 10.6 Å². The molecule has 0 aliphatic rings. The van der Waals surface area contributed by atoms with Gasteiger partial charge in [0.2, 0.25) is 0 Å². The molecule has 1 aromatic heterocycles. The van der Waals surface area contributed by atoms with E-state index in [0.717, 1.165) is 12.2 Å². The van der Waals surface area contributed by atoms with Gasteiger partial charge in [0.1, 0.15) is 5.76 Å². The highest BCUT2D eigenvalue weighted by Gasteiger charge is 2.06. The van der Waals surface area contributed by atoms with Crippen molar-refractivity contribution in [2.24, 2.45) is 0 Å². The largest absolute Gasteiger partial charge is 0.454 e. The van der Waals surface area contributed by atoms with Gasteiger partial charge in [0.15, 0.2) is 4.67 Å². The summed E-state index contributed by atoms with van der Waals surface area (Å²) in [6.07, 6.45) is 2.13. The molecule has 0 aromatic carbocycles. The lowest BCUT2D eigenvalue weighted by molar-refractivity contribution is 0.234. The molecule has 0 spiro atoms. The number of urea groups is 1. The Morgan fingerprint density at radius 1 is 1.56 bits per heavy atom. The molecule has 0 bridgehead atoms. The summed E-state index contributed by atoms with van der Waals surface area (Å²) < 4.78 is 6.01. The van der Waals surface area contributed by atoms with E-state index in [1.54, 1.807) is 0 Å². The zero-order chi connectivity index (χ0) is 13.4. The van der Waals surface area contributed by atoms with E-state index in [-0.39, 0.29) is 18.7 Å². The molecule has 5 nitrogen and oxygen atoms in total. The molecule has 3 N–H and O–H groups in total. The first-order chi connectivity index (χ1) is 8.61. The monoisotopic (exact) mass is 318 g/mol. The van der Waals surface area contributed by atoms with Crippen LogP contribution < -0.4 is 10.6 Å². The van der Waals surface area contributed by atoms with E-state index in [4.69, 9.17) is 9.52 Å². The highest BCUT2D eigenvalue weighted by molar-refractivity contribution is 9.10. The summed E-state index contributed by atoms with van der Waals surface area (Å²) in [4.78, 5) is 11.5. The Balaban J connectivity index is 2.13. The molecular weight excluding hydrogens is 300 g/mol. The van der Waals surface area contributed by atoms with E-state index in [0.29, 0.717) is 24.1 Å². The summed E-state index contributed by atoms with van der Waals surface area (Å²) in [6, 6.07) is 3.57. The topological polar surface area (TPSA) is 74.5 Å². The Hall–Kier alpha value is -1.01. The van der Waals surface area contributed by atoms with Crippen LogP contribution in [0.2, 0.25) is 0 Å². The fourth-order valence-electron chi connectivity index (χ4n) is 1.53. The Morgan fingerprint density at radius 2 is 2.33 bits per heavy atom. The van der Waals surface area contributed by atoms with Crippen molar-refractivity contribution in [2.45, 2.75) is 32.2 Å². The SMILES string of the molecule is CC(CCCO)NC(=O)NCCc1ccc(Br)o1. The van der Waals surface area contributed by atoms with Crippen LogP contribution in [-0.4, -0.2) is 30.3 Å². The number of carbonyl (C=O) groups excluding carboxylic acids is 1. The van der Waals surface area contributed by atoms with Gasteiger partial charge in [-0.2, -0.15) is 0 Å². The first-order valence-electron chi connectivity index (χ1n) is 6.01. The van der Waals surface area contributed by atoms with E-state index < -0.39 is 0 Å². The molecule has 0 aliphatic heterocycles. The van der Waals surface area contributed by atoms with Crippen LogP contribution in [-0.2, 0) is 6.42 Å². The smallest absolute Gasteiger partial charge is 0.315 e. The number of rotatable bonds is 7. The van der Waals surface area contributed by atoms with E-state index in [2.05, 4.69) is 26.6 Å². The average Bonchev–Trinajstić information content (AvgIpc) is 2.72. The van der Waals surface area contributed by atoms with Gasteiger partial charge in [-0.25, -0.2) is 4.79 Å². The fraction of sp³-hybridized carbons (Fsp3) is 0.583. The number of amides is 2. The Bertz CT molecular complexity index is 368. The molecular formula is C12H19BrN2O3. The maximum Gasteiger partial charge on any atom is 0.315 e. The van der Waals surface area contributed by atoms with Crippen LogP contribution in [0.4, 0.5) is 4.79 Å².